The molecule has 0 aliphatic carbocycles. The normalized spacial score (nSPS) is 12.2. The monoisotopic (exact) mass is 288 g/mol. The fourth-order valence-electron chi connectivity index (χ4n) is 1.04. The van der Waals surface area contributed by atoms with Gasteiger partial charge in [-0.3, -0.25) is 14.4 Å². The van der Waals surface area contributed by atoms with Crippen molar-refractivity contribution in [2.75, 3.05) is 6.54 Å². The van der Waals surface area contributed by atoms with Crippen LogP contribution in [0.25, 0.3) is 0 Å². The van der Waals surface area contributed by atoms with Crippen molar-refractivity contribution in [2.45, 2.75) is 40.2 Å². The molecule has 116 valence electrons. The van der Waals surface area contributed by atoms with E-state index in [0.29, 0.717) is 17.9 Å². The molecule has 5 N–H and O–H groups in total. The lowest BCUT2D eigenvalue weighted by molar-refractivity contribution is -0.139. The number of allylic oxidation sites excluding steroid dienone is 1. The topological polar surface area (TPSA) is 130 Å². The summed E-state index contributed by atoms with van der Waals surface area (Å²) in [6, 6.07) is -0.690. The van der Waals surface area contributed by atoms with E-state index in [1.165, 1.54) is 0 Å². The van der Waals surface area contributed by atoms with Crippen molar-refractivity contribution in [2.24, 2.45) is 11.7 Å². The molecule has 0 fully saturated rings. The van der Waals surface area contributed by atoms with Crippen LogP contribution in [-0.4, -0.2) is 40.6 Å². The molecule has 1 amide bonds. The molecule has 0 aromatic heterocycles. The third kappa shape index (κ3) is 12.6. The van der Waals surface area contributed by atoms with Gasteiger partial charge in [-0.05, 0) is 26.2 Å². The van der Waals surface area contributed by atoms with Crippen molar-refractivity contribution in [3.05, 3.63) is 11.6 Å². The van der Waals surface area contributed by atoms with E-state index in [0.717, 1.165) is 0 Å². The fraction of sp³-hybridized carbons (Fsp3) is 0.615. The maximum atomic E-state index is 10.8. The minimum Gasteiger partial charge on any atom is -0.480 e. The minimum absolute atomic E-state index is 0.329. The lowest BCUT2D eigenvalue weighted by Gasteiger charge is -2.07. The van der Waals surface area contributed by atoms with Crippen molar-refractivity contribution in [3.8, 4) is 0 Å². The number of carbonyl (C=O) groups is 3. The van der Waals surface area contributed by atoms with Gasteiger partial charge in [-0.25, -0.2) is 0 Å². The molecule has 0 bridgehead atoms. The van der Waals surface area contributed by atoms with E-state index in [1.54, 1.807) is 19.9 Å². The van der Waals surface area contributed by atoms with Gasteiger partial charge >= 0.3 is 11.9 Å². The smallest absolute Gasteiger partial charge is 0.322 e. The molecule has 0 spiro atoms. The molecule has 1 atom stereocenters. The van der Waals surface area contributed by atoms with Gasteiger partial charge in [0.2, 0.25) is 5.91 Å². The highest BCUT2D eigenvalue weighted by molar-refractivity contribution is 5.94. The number of nitrogens with two attached hydrogens (primary N) is 1. The Bertz CT molecular complexity index is 364. The van der Waals surface area contributed by atoms with Crippen LogP contribution in [0, 0.1) is 5.92 Å². The Morgan fingerprint density at radius 2 is 1.75 bits per heavy atom. The molecular formula is C13H24N2O5. The van der Waals surface area contributed by atoms with Gasteiger partial charge < -0.3 is 21.3 Å². The Morgan fingerprint density at radius 1 is 1.25 bits per heavy atom. The van der Waals surface area contributed by atoms with Gasteiger partial charge in [0.25, 0.3) is 0 Å². The average Bonchev–Trinajstić information content (AvgIpc) is 2.34. The first-order valence-corrected chi connectivity index (χ1v) is 6.23. The van der Waals surface area contributed by atoms with Crippen LogP contribution in [0.5, 0.6) is 0 Å². The van der Waals surface area contributed by atoms with Crippen molar-refractivity contribution in [3.63, 3.8) is 0 Å². The molecule has 0 radical (unpaired) electrons. The number of carboxylic acid groups (broad SMARTS) is 2. The summed E-state index contributed by atoms with van der Waals surface area (Å²) >= 11 is 0. The van der Waals surface area contributed by atoms with E-state index >= 15 is 0 Å². The molecule has 7 nitrogen and oxygen atoms in total. The Balaban J connectivity index is 0. The minimum atomic E-state index is -1.04. The molecule has 0 saturated carbocycles. The van der Waals surface area contributed by atoms with Crippen molar-refractivity contribution < 1.29 is 24.6 Å². The third-order valence-electron chi connectivity index (χ3n) is 2.23. The first-order valence-electron chi connectivity index (χ1n) is 6.23. The maximum Gasteiger partial charge on any atom is 0.322 e. The Labute approximate surface area is 118 Å². The summed E-state index contributed by atoms with van der Waals surface area (Å²) < 4.78 is 0. The van der Waals surface area contributed by atoms with Crippen LogP contribution in [0.3, 0.4) is 0 Å². The van der Waals surface area contributed by atoms with Gasteiger partial charge in [0, 0.05) is 5.57 Å². The summed E-state index contributed by atoms with van der Waals surface area (Å²) in [5.74, 6) is -1.93. The van der Waals surface area contributed by atoms with Crippen molar-refractivity contribution >= 4 is 17.8 Å². The lowest BCUT2D eigenvalue weighted by atomic mass is 10.1. The molecule has 0 saturated heterocycles. The summed E-state index contributed by atoms with van der Waals surface area (Å²) in [4.78, 5) is 30.9. The second-order valence-electron chi connectivity index (χ2n) is 4.62. The van der Waals surface area contributed by atoms with Gasteiger partial charge in [0.15, 0.2) is 0 Å². The first kappa shape index (κ1) is 20.4. The Morgan fingerprint density at radius 3 is 2.00 bits per heavy atom. The summed E-state index contributed by atoms with van der Waals surface area (Å²) in [6.07, 6.45) is 2.17. The van der Waals surface area contributed by atoms with Gasteiger partial charge in [0.1, 0.15) is 12.6 Å². The largest absolute Gasteiger partial charge is 0.480 e. The number of carboxylic acids is 2. The van der Waals surface area contributed by atoms with Crippen LogP contribution in [-0.2, 0) is 14.4 Å². The highest BCUT2D eigenvalue weighted by Gasteiger charge is 2.11. The van der Waals surface area contributed by atoms with E-state index in [1.807, 2.05) is 13.8 Å². The van der Waals surface area contributed by atoms with Crippen LogP contribution in [0.2, 0.25) is 0 Å². The third-order valence-corrected chi connectivity index (χ3v) is 2.23. The van der Waals surface area contributed by atoms with E-state index in [-0.39, 0.29) is 12.5 Å². The molecule has 0 aromatic carbocycles. The fourth-order valence-corrected chi connectivity index (χ4v) is 1.04. The summed E-state index contributed by atoms with van der Waals surface area (Å²) in [5, 5.41) is 18.7. The van der Waals surface area contributed by atoms with E-state index in [2.05, 4.69) is 5.32 Å². The molecular weight excluding hydrogens is 264 g/mol. The van der Waals surface area contributed by atoms with E-state index < -0.39 is 18.0 Å². The molecule has 7 heteroatoms. The highest BCUT2D eigenvalue weighted by atomic mass is 16.4. The number of hydrogen-bond acceptors (Lipinski definition) is 4. The number of aliphatic carboxylic acids is 2. The van der Waals surface area contributed by atoms with Crippen LogP contribution >= 0.6 is 0 Å². The van der Waals surface area contributed by atoms with Crippen molar-refractivity contribution in [1.82, 2.24) is 5.32 Å². The van der Waals surface area contributed by atoms with Gasteiger partial charge in [-0.15, -0.1) is 0 Å². The van der Waals surface area contributed by atoms with E-state index in [9.17, 15) is 14.4 Å². The zero-order chi connectivity index (χ0) is 16.3. The van der Waals surface area contributed by atoms with Crippen LogP contribution in [0.1, 0.15) is 34.1 Å². The van der Waals surface area contributed by atoms with Crippen LogP contribution in [0.15, 0.2) is 11.6 Å². The molecule has 0 aliphatic heterocycles. The van der Waals surface area contributed by atoms with Crippen LogP contribution in [0.4, 0.5) is 0 Å². The van der Waals surface area contributed by atoms with Crippen molar-refractivity contribution in [1.29, 1.82) is 0 Å². The summed E-state index contributed by atoms with van der Waals surface area (Å²) in [5.41, 5.74) is 5.74. The second-order valence-corrected chi connectivity index (χ2v) is 4.62. The lowest BCUT2D eigenvalue weighted by Crippen LogP contribution is -2.31. The number of nitrogens with one attached hydrogen (secondary N) is 1. The van der Waals surface area contributed by atoms with Crippen LogP contribution < -0.4 is 11.1 Å². The quantitative estimate of drug-likeness (QED) is 0.529. The predicted molar refractivity (Wildman–Crippen MR) is 75.1 cm³/mol. The first-order chi connectivity index (χ1) is 9.11. The molecule has 20 heavy (non-hydrogen) atoms. The zero-order valence-corrected chi connectivity index (χ0v) is 12.3. The number of carbonyl (C=O) groups excluding carboxylic acids is 1. The highest BCUT2D eigenvalue weighted by Crippen LogP contribution is 2.01. The molecule has 0 aliphatic rings. The van der Waals surface area contributed by atoms with E-state index in [4.69, 9.17) is 15.9 Å². The Kier molecular flexibility index (Phi) is 11.2. The molecule has 0 heterocycles. The number of amides is 1. The SMILES string of the molecule is C/C=C(\C)C(=O)NCC(=O)O.CC(C)CC(N)C(=O)O. The summed E-state index contributed by atoms with van der Waals surface area (Å²) in [7, 11) is 0. The summed E-state index contributed by atoms with van der Waals surface area (Å²) in [6.45, 7) is 6.91. The Hall–Kier alpha value is -1.89. The standard InChI is InChI=1S/C7H11NO3.C6H13NO2/c1-3-5(2)7(11)8-4-6(9)10;1-4(2)3-5(7)6(8)9/h3H,4H2,1-2H3,(H,8,11)(H,9,10);4-5H,3,7H2,1-2H3,(H,8,9)/b5-3+;. The second kappa shape index (κ2) is 11.0. The predicted octanol–water partition coefficient (Wildman–Crippen LogP) is 0.598. The van der Waals surface area contributed by atoms with Gasteiger partial charge in [-0.2, -0.15) is 0 Å². The molecule has 1 unspecified atom stereocenters. The van der Waals surface area contributed by atoms with Gasteiger partial charge in [-0.1, -0.05) is 19.9 Å². The molecule has 0 rings (SSSR count). The number of hydrogen-bond donors (Lipinski definition) is 4. The average molecular weight is 288 g/mol. The molecule has 0 aromatic rings. The maximum absolute atomic E-state index is 10.8. The van der Waals surface area contributed by atoms with Gasteiger partial charge in [0.05, 0.1) is 0 Å². The number of rotatable bonds is 6. The zero-order valence-electron chi connectivity index (χ0n) is 12.3.